The second-order valence-electron chi connectivity index (χ2n) is 2.94. The Balaban J connectivity index is 2.69. The standard InChI is InChI=1S/C11H11NO4/c1-2-9(10(13)14)12-16-11(15)8-6-4-3-5-7-8/h3-7H,2H2,1H3,(H,13,14)/b12-9-. The molecular weight excluding hydrogens is 210 g/mol. The predicted molar refractivity (Wildman–Crippen MR) is 57.2 cm³/mol. The highest BCUT2D eigenvalue weighted by molar-refractivity contribution is 6.35. The number of benzene rings is 1. The largest absolute Gasteiger partial charge is 0.477 e. The van der Waals surface area contributed by atoms with Gasteiger partial charge < -0.3 is 9.94 Å². The van der Waals surface area contributed by atoms with Crippen LogP contribution in [0.1, 0.15) is 23.7 Å². The molecular formula is C11H11NO4. The van der Waals surface area contributed by atoms with Crippen molar-refractivity contribution in [2.24, 2.45) is 5.16 Å². The zero-order valence-electron chi connectivity index (χ0n) is 8.71. The van der Waals surface area contributed by atoms with Crippen LogP contribution in [0.4, 0.5) is 0 Å². The summed E-state index contributed by atoms with van der Waals surface area (Å²) in [6, 6.07) is 8.24. The number of carboxylic acid groups (broad SMARTS) is 1. The molecule has 0 atom stereocenters. The molecule has 16 heavy (non-hydrogen) atoms. The lowest BCUT2D eigenvalue weighted by Crippen LogP contribution is -2.13. The van der Waals surface area contributed by atoms with Crippen molar-refractivity contribution in [2.75, 3.05) is 0 Å². The molecule has 0 aromatic heterocycles. The summed E-state index contributed by atoms with van der Waals surface area (Å²) >= 11 is 0. The number of carboxylic acids is 1. The van der Waals surface area contributed by atoms with E-state index in [4.69, 9.17) is 5.11 Å². The third kappa shape index (κ3) is 3.20. The highest BCUT2D eigenvalue weighted by Crippen LogP contribution is 2.01. The monoisotopic (exact) mass is 221 g/mol. The van der Waals surface area contributed by atoms with Crippen molar-refractivity contribution in [3.8, 4) is 0 Å². The number of oxime groups is 1. The number of carbonyl (C=O) groups excluding carboxylic acids is 1. The van der Waals surface area contributed by atoms with Gasteiger partial charge in [-0.1, -0.05) is 30.3 Å². The first-order valence-corrected chi connectivity index (χ1v) is 4.71. The fourth-order valence-electron chi connectivity index (χ4n) is 0.978. The van der Waals surface area contributed by atoms with E-state index in [2.05, 4.69) is 9.99 Å². The van der Waals surface area contributed by atoms with Crippen LogP contribution in [0, 0.1) is 0 Å². The van der Waals surface area contributed by atoms with Crippen molar-refractivity contribution in [2.45, 2.75) is 13.3 Å². The summed E-state index contributed by atoms with van der Waals surface area (Å²) in [7, 11) is 0. The molecule has 1 N–H and O–H groups in total. The average Bonchev–Trinajstić information content (AvgIpc) is 2.30. The lowest BCUT2D eigenvalue weighted by Gasteiger charge is -1.98. The normalized spacial score (nSPS) is 10.9. The average molecular weight is 221 g/mol. The second-order valence-corrected chi connectivity index (χ2v) is 2.94. The molecule has 0 radical (unpaired) electrons. The summed E-state index contributed by atoms with van der Waals surface area (Å²) in [4.78, 5) is 26.4. The summed E-state index contributed by atoms with van der Waals surface area (Å²) in [5.74, 6) is -1.86. The molecule has 0 fully saturated rings. The Morgan fingerprint density at radius 2 is 1.94 bits per heavy atom. The van der Waals surface area contributed by atoms with Gasteiger partial charge in [-0.2, -0.15) is 0 Å². The van der Waals surface area contributed by atoms with Gasteiger partial charge in [0.1, 0.15) is 0 Å². The third-order valence-electron chi connectivity index (χ3n) is 1.83. The quantitative estimate of drug-likeness (QED) is 0.477. The molecule has 0 saturated heterocycles. The van der Waals surface area contributed by atoms with Crippen molar-refractivity contribution in [1.29, 1.82) is 0 Å². The Kier molecular flexibility index (Phi) is 4.20. The minimum Gasteiger partial charge on any atom is -0.477 e. The molecule has 1 aromatic rings. The summed E-state index contributed by atoms with van der Waals surface area (Å²) in [5.41, 5.74) is 0.136. The molecule has 0 heterocycles. The van der Waals surface area contributed by atoms with Crippen LogP contribution in [0.5, 0.6) is 0 Å². The first kappa shape index (κ1) is 11.9. The Morgan fingerprint density at radius 3 is 2.44 bits per heavy atom. The number of rotatable bonds is 4. The zero-order valence-corrected chi connectivity index (χ0v) is 8.71. The molecule has 0 spiro atoms. The Hall–Kier alpha value is -2.17. The second kappa shape index (κ2) is 5.65. The SMILES string of the molecule is CC/C(=N/OC(=O)c1ccccc1)C(=O)O. The molecule has 84 valence electrons. The Labute approximate surface area is 92.3 Å². The van der Waals surface area contributed by atoms with E-state index in [1.165, 1.54) is 0 Å². The van der Waals surface area contributed by atoms with Crippen molar-refractivity contribution in [3.05, 3.63) is 35.9 Å². The highest BCUT2D eigenvalue weighted by Gasteiger charge is 2.10. The third-order valence-corrected chi connectivity index (χ3v) is 1.83. The van der Waals surface area contributed by atoms with Gasteiger partial charge in [-0.15, -0.1) is 0 Å². The predicted octanol–water partition coefficient (Wildman–Crippen LogP) is 1.69. The maximum atomic E-state index is 11.4. The molecule has 0 aliphatic carbocycles. The molecule has 0 aliphatic rings. The van der Waals surface area contributed by atoms with E-state index in [1.807, 2.05) is 0 Å². The number of hydrogen-bond acceptors (Lipinski definition) is 4. The Morgan fingerprint density at radius 1 is 1.31 bits per heavy atom. The summed E-state index contributed by atoms with van der Waals surface area (Å²) < 4.78 is 0. The molecule has 0 saturated carbocycles. The van der Waals surface area contributed by atoms with Crippen LogP contribution in [-0.2, 0) is 9.63 Å². The number of aliphatic carboxylic acids is 1. The fourth-order valence-corrected chi connectivity index (χ4v) is 0.978. The minimum absolute atomic E-state index is 0.190. The molecule has 1 rings (SSSR count). The van der Waals surface area contributed by atoms with Gasteiger partial charge in [0, 0.05) is 0 Å². The molecule has 5 heteroatoms. The maximum Gasteiger partial charge on any atom is 0.365 e. The van der Waals surface area contributed by atoms with Gasteiger partial charge in [0.2, 0.25) is 0 Å². The highest BCUT2D eigenvalue weighted by atomic mass is 16.7. The number of hydrogen-bond donors (Lipinski definition) is 1. The van der Waals surface area contributed by atoms with E-state index in [1.54, 1.807) is 37.3 Å². The molecule has 0 aliphatic heterocycles. The van der Waals surface area contributed by atoms with Gasteiger partial charge in [0.25, 0.3) is 0 Å². The van der Waals surface area contributed by atoms with Crippen LogP contribution >= 0.6 is 0 Å². The topological polar surface area (TPSA) is 76.0 Å². The van der Waals surface area contributed by atoms with E-state index in [0.717, 1.165) is 0 Å². The van der Waals surface area contributed by atoms with Crippen LogP contribution in [0.2, 0.25) is 0 Å². The van der Waals surface area contributed by atoms with Crippen LogP contribution in [0.15, 0.2) is 35.5 Å². The molecule has 0 bridgehead atoms. The van der Waals surface area contributed by atoms with Gasteiger partial charge in [-0.3, -0.25) is 0 Å². The smallest absolute Gasteiger partial charge is 0.365 e. The van der Waals surface area contributed by atoms with Gasteiger partial charge in [-0.05, 0) is 18.6 Å². The van der Waals surface area contributed by atoms with E-state index in [0.29, 0.717) is 5.56 Å². The zero-order chi connectivity index (χ0) is 12.0. The number of nitrogens with zero attached hydrogens (tertiary/aromatic N) is 1. The summed E-state index contributed by atoms with van der Waals surface area (Å²) in [6.45, 7) is 1.61. The van der Waals surface area contributed by atoms with Crippen molar-refractivity contribution in [1.82, 2.24) is 0 Å². The van der Waals surface area contributed by atoms with Crippen LogP contribution in [0.3, 0.4) is 0 Å². The molecule has 0 amide bonds. The Bertz CT molecular complexity index is 411. The molecule has 1 aromatic carbocycles. The van der Waals surface area contributed by atoms with E-state index < -0.39 is 11.9 Å². The van der Waals surface area contributed by atoms with Gasteiger partial charge in [0.05, 0.1) is 5.56 Å². The molecule has 5 nitrogen and oxygen atoms in total. The lowest BCUT2D eigenvalue weighted by atomic mass is 10.2. The van der Waals surface area contributed by atoms with Crippen molar-refractivity contribution < 1.29 is 19.5 Å². The van der Waals surface area contributed by atoms with E-state index >= 15 is 0 Å². The van der Waals surface area contributed by atoms with Crippen LogP contribution < -0.4 is 0 Å². The lowest BCUT2D eigenvalue weighted by molar-refractivity contribution is -0.129. The summed E-state index contributed by atoms with van der Waals surface area (Å²) in [5, 5.41) is 11.9. The molecule has 0 unspecified atom stereocenters. The van der Waals surface area contributed by atoms with Gasteiger partial charge in [-0.25, -0.2) is 9.59 Å². The first-order valence-electron chi connectivity index (χ1n) is 4.71. The number of carbonyl (C=O) groups is 2. The van der Waals surface area contributed by atoms with Crippen molar-refractivity contribution >= 4 is 17.7 Å². The van der Waals surface area contributed by atoms with Crippen LogP contribution in [-0.4, -0.2) is 22.8 Å². The fraction of sp³-hybridized carbons (Fsp3) is 0.182. The van der Waals surface area contributed by atoms with E-state index in [-0.39, 0.29) is 12.1 Å². The van der Waals surface area contributed by atoms with Crippen LogP contribution in [0.25, 0.3) is 0 Å². The maximum absolute atomic E-state index is 11.4. The first-order chi connectivity index (χ1) is 7.65. The van der Waals surface area contributed by atoms with Gasteiger partial charge >= 0.3 is 11.9 Å². The summed E-state index contributed by atoms with van der Waals surface area (Å²) in [6.07, 6.45) is 0.192. The van der Waals surface area contributed by atoms with Gasteiger partial charge in [0.15, 0.2) is 5.71 Å². The van der Waals surface area contributed by atoms with Crippen molar-refractivity contribution in [3.63, 3.8) is 0 Å². The minimum atomic E-state index is -1.19. The van der Waals surface area contributed by atoms with E-state index in [9.17, 15) is 9.59 Å².